The smallest absolute Gasteiger partial charge is 0.119 e. The van der Waals surface area contributed by atoms with Gasteiger partial charge in [-0.2, -0.15) is 0 Å². The summed E-state index contributed by atoms with van der Waals surface area (Å²) in [5.74, 6) is 0.815. The summed E-state index contributed by atoms with van der Waals surface area (Å²) in [4.78, 5) is 0. The lowest BCUT2D eigenvalue weighted by Crippen LogP contribution is -2.34. The summed E-state index contributed by atoms with van der Waals surface area (Å²) in [6.07, 6.45) is 2.47. The minimum absolute atomic E-state index is 0.350. The van der Waals surface area contributed by atoms with Gasteiger partial charge in [0, 0.05) is 6.04 Å². The quantitative estimate of drug-likeness (QED) is 0.758. The fraction of sp³-hybridized carbons (Fsp3) is 0.625. The predicted octanol–water partition coefficient (Wildman–Crippen LogP) is 3.29. The summed E-state index contributed by atoms with van der Waals surface area (Å²) in [7, 11) is 1.97. The highest BCUT2D eigenvalue weighted by molar-refractivity contribution is 5.29. The Morgan fingerprint density at radius 2 is 1.74 bits per heavy atom. The molecule has 0 fully saturated rings. The molecule has 0 amide bonds. The molecule has 1 atom stereocenters. The molecular weight excluding hydrogens is 238 g/mol. The Kier molecular flexibility index (Phi) is 6.32. The van der Waals surface area contributed by atoms with Gasteiger partial charge in [-0.05, 0) is 44.0 Å². The number of aliphatic hydroxyl groups is 1. The van der Waals surface area contributed by atoms with Crippen molar-refractivity contribution in [1.29, 1.82) is 0 Å². The zero-order valence-corrected chi connectivity index (χ0v) is 12.6. The number of nitrogens with one attached hydrogen (secondary N) is 1. The second kappa shape index (κ2) is 7.51. The van der Waals surface area contributed by atoms with Crippen LogP contribution in [0.15, 0.2) is 24.3 Å². The minimum Gasteiger partial charge on any atom is -0.491 e. The van der Waals surface area contributed by atoms with Crippen molar-refractivity contribution in [3.8, 4) is 5.75 Å². The Morgan fingerprint density at radius 3 is 2.16 bits per heavy atom. The Balaban J connectivity index is 2.62. The van der Waals surface area contributed by atoms with E-state index in [1.165, 1.54) is 5.56 Å². The monoisotopic (exact) mass is 265 g/mol. The van der Waals surface area contributed by atoms with Gasteiger partial charge < -0.3 is 15.2 Å². The van der Waals surface area contributed by atoms with Gasteiger partial charge in [-0.1, -0.05) is 32.9 Å². The van der Waals surface area contributed by atoms with Crippen molar-refractivity contribution in [2.24, 2.45) is 0 Å². The Bertz CT molecular complexity index is 354. The predicted molar refractivity (Wildman–Crippen MR) is 79.6 cm³/mol. The number of hydrogen-bond donors (Lipinski definition) is 2. The third kappa shape index (κ3) is 4.51. The van der Waals surface area contributed by atoms with Crippen molar-refractivity contribution >= 4 is 0 Å². The largest absolute Gasteiger partial charge is 0.491 e. The van der Waals surface area contributed by atoms with Crippen molar-refractivity contribution in [3.63, 3.8) is 0 Å². The zero-order valence-electron chi connectivity index (χ0n) is 12.6. The molecular formula is C16H27NO2. The molecule has 0 aliphatic rings. The first kappa shape index (κ1) is 16.0. The number of rotatable bonds is 8. The van der Waals surface area contributed by atoms with Crippen LogP contribution in [0.1, 0.15) is 51.6 Å². The molecule has 0 spiro atoms. The number of benzene rings is 1. The van der Waals surface area contributed by atoms with E-state index in [0.29, 0.717) is 25.5 Å². The van der Waals surface area contributed by atoms with Gasteiger partial charge in [0.05, 0.1) is 5.60 Å². The van der Waals surface area contributed by atoms with Crippen molar-refractivity contribution in [2.75, 3.05) is 13.7 Å². The molecule has 19 heavy (non-hydrogen) atoms. The van der Waals surface area contributed by atoms with Gasteiger partial charge in [0.25, 0.3) is 0 Å². The molecule has 0 heterocycles. The van der Waals surface area contributed by atoms with Crippen LogP contribution in [0.25, 0.3) is 0 Å². The molecule has 3 heteroatoms. The summed E-state index contributed by atoms with van der Waals surface area (Å²) in [6.45, 7) is 6.47. The Morgan fingerprint density at radius 1 is 1.16 bits per heavy atom. The molecule has 0 bridgehead atoms. The first-order valence-corrected chi connectivity index (χ1v) is 7.21. The third-order valence-electron chi connectivity index (χ3n) is 3.86. The van der Waals surface area contributed by atoms with Crippen LogP contribution in [-0.4, -0.2) is 24.4 Å². The van der Waals surface area contributed by atoms with Gasteiger partial charge >= 0.3 is 0 Å². The van der Waals surface area contributed by atoms with E-state index in [4.69, 9.17) is 4.74 Å². The van der Waals surface area contributed by atoms with Crippen LogP contribution in [0.3, 0.4) is 0 Å². The minimum atomic E-state index is -0.713. The van der Waals surface area contributed by atoms with E-state index in [2.05, 4.69) is 24.4 Å². The van der Waals surface area contributed by atoms with Gasteiger partial charge in [-0.3, -0.25) is 0 Å². The van der Waals surface area contributed by atoms with E-state index in [1.807, 2.05) is 33.0 Å². The summed E-state index contributed by atoms with van der Waals surface area (Å²) in [5.41, 5.74) is 0.550. The lowest BCUT2D eigenvalue weighted by molar-refractivity contribution is -0.0113. The van der Waals surface area contributed by atoms with E-state index in [9.17, 15) is 5.11 Å². The second-order valence-electron chi connectivity index (χ2n) is 5.04. The Hall–Kier alpha value is -1.06. The normalized spacial score (nSPS) is 13.3. The molecule has 3 nitrogen and oxygen atoms in total. The molecule has 1 rings (SSSR count). The van der Waals surface area contributed by atoms with E-state index < -0.39 is 5.60 Å². The van der Waals surface area contributed by atoms with E-state index in [0.717, 1.165) is 12.2 Å². The topological polar surface area (TPSA) is 41.5 Å². The Labute approximate surface area is 117 Å². The maximum atomic E-state index is 10.2. The molecule has 0 radical (unpaired) electrons. The average molecular weight is 265 g/mol. The second-order valence-corrected chi connectivity index (χ2v) is 5.04. The standard InChI is InChI=1S/C16H27NO2/c1-5-15(17-4)13-8-10-14(11-9-13)19-12-16(18,6-2)7-3/h8-11,15,17-18H,5-7,12H2,1-4H3. The molecule has 0 aliphatic heterocycles. The lowest BCUT2D eigenvalue weighted by Gasteiger charge is -2.25. The zero-order chi connectivity index (χ0) is 14.3. The van der Waals surface area contributed by atoms with Crippen LogP contribution in [0.4, 0.5) is 0 Å². The van der Waals surface area contributed by atoms with Crippen molar-refractivity contribution < 1.29 is 9.84 Å². The van der Waals surface area contributed by atoms with Crippen LogP contribution in [-0.2, 0) is 0 Å². The molecule has 1 aromatic rings. The van der Waals surface area contributed by atoms with Crippen molar-refractivity contribution in [3.05, 3.63) is 29.8 Å². The fourth-order valence-electron chi connectivity index (χ4n) is 2.07. The molecule has 1 unspecified atom stereocenters. The first-order valence-electron chi connectivity index (χ1n) is 7.21. The third-order valence-corrected chi connectivity index (χ3v) is 3.86. The lowest BCUT2D eigenvalue weighted by atomic mass is 9.99. The summed E-state index contributed by atoms with van der Waals surface area (Å²) >= 11 is 0. The highest BCUT2D eigenvalue weighted by atomic mass is 16.5. The number of hydrogen-bond acceptors (Lipinski definition) is 3. The molecule has 0 aromatic heterocycles. The molecule has 1 aromatic carbocycles. The van der Waals surface area contributed by atoms with E-state index >= 15 is 0 Å². The first-order chi connectivity index (χ1) is 9.08. The van der Waals surface area contributed by atoms with Gasteiger partial charge in [0.1, 0.15) is 12.4 Å². The van der Waals surface area contributed by atoms with Gasteiger partial charge in [0.15, 0.2) is 0 Å². The highest BCUT2D eigenvalue weighted by Gasteiger charge is 2.23. The molecule has 108 valence electrons. The van der Waals surface area contributed by atoms with Crippen molar-refractivity contribution in [2.45, 2.75) is 51.7 Å². The van der Waals surface area contributed by atoms with E-state index in [1.54, 1.807) is 0 Å². The van der Waals surface area contributed by atoms with Crippen LogP contribution in [0.2, 0.25) is 0 Å². The van der Waals surface area contributed by atoms with Crippen LogP contribution >= 0.6 is 0 Å². The number of ether oxygens (including phenoxy) is 1. The fourth-order valence-corrected chi connectivity index (χ4v) is 2.07. The van der Waals surface area contributed by atoms with Crippen LogP contribution in [0, 0.1) is 0 Å². The van der Waals surface area contributed by atoms with Crippen LogP contribution in [0.5, 0.6) is 5.75 Å². The van der Waals surface area contributed by atoms with Gasteiger partial charge in [-0.15, -0.1) is 0 Å². The average Bonchev–Trinajstić information content (AvgIpc) is 2.47. The molecule has 0 saturated heterocycles. The van der Waals surface area contributed by atoms with Crippen molar-refractivity contribution in [1.82, 2.24) is 5.32 Å². The van der Waals surface area contributed by atoms with Gasteiger partial charge in [0.2, 0.25) is 0 Å². The summed E-state index contributed by atoms with van der Waals surface area (Å²) < 4.78 is 5.68. The highest BCUT2D eigenvalue weighted by Crippen LogP contribution is 2.22. The van der Waals surface area contributed by atoms with E-state index in [-0.39, 0.29) is 0 Å². The van der Waals surface area contributed by atoms with Crippen LogP contribution < -0.4 is 10.1 Å². The SMILES string of the molecule is CCC(NC)c1ccc(OCC(O)(CC)CC)cc1. The molecule has 2 N–H and O–H groups in total. The summed E-state index contributed by atoms with van der Waals surface area (Å²) in [5, 5.41) is 13.5. The molecule has 0 aliphatic carbocycles. The molecule has 0 saturated carbocycles. The maximum Gasteiger partial charge on any atom is 0.119 e. The summed E-state index contributed by atoms with van der Waals surface area (Å²) in [6, 6.07) is 8.49. The maximum absolute atomic E-state index is 10.2. The van der Waals surface area contributed by atoms with Gasteiger partial charge in [-0.25, -0.2) is 0 Å².